The Bertz CT molecular complexity index is 554. The maximum atomic E-state index is 12.9. The van der Waals surface area contributed by atoms with Crippen molar-refractivity contribution in [3.05, 3.63) is 46.0 Å². The molecule has 0 radical (unpaired) electrons. The van der Waals surface area contributed by atoms with Gasteiger partial charge in [0.25, 0.3) is 0 Å². The summed E-state index contributed by atoms with van der Waals surface area (Å²) in [6.07, 6.45) is 0. The predicted octanol–water partition coefficient (Wildman–Crippen LogP) is 2.36. The number of aryl methyl sites for hydroxylation is 1. The Morgan fingerprint density at radius 3 is 2.62 bits per heavy atom. The maximum Gasteiger partial charge on any atom is 0.206 e. The smallest absolute Gasteiger partial charge is 0.206 e. The number of rotatable bonds is 2. The van der Waals surface area contributed by atoms with E-state index in [2.05, 4.69) is 9.59 Å². The molecule has 0 spiro atoms. The van der Waals surface area contributed by atoms with E-state index in [4.69, 9.17) is 0 Å². The Morgan fingerprint density at radius 1 is 1.31 bits per heavy atom. The Hall–Kier alpha value is -1.69. The number of ketones is 1. The molecule has 1 aromatic carbocycles. The van der Waals surface area contributed by atoms with Crippen LogP contribution in [0.5, 0.6) is 0 Å². The van der Waals surface area contributed by atoms with Crippen LogP contribution in [0.2, 0.25) is 0 Å². The van der Waals surface area contributed by atoms with Crippen LogP contribution >= 0.6 is 11.5 Å². The molecule has 82 valence electrons. The Kier molecular flexibility index (Phi) is 2.74. The van der Waals surface area contributed by atoms with Crippen LogP contribution in [0.4, 0.5) is 8.78 Å². The zero-order chi connectivity index (χ0) is 11.7. The molecule has 2 rings (SSSR count). The van der Waals surface area contributed by atoms with Crippen LogP contribution in [0.3, 0.4) is 0 Å². The molecular weight excluding hydrogens is 234 g/mol. The van der Waals surface area contributed by atoms with Gasteiger partial charge >= 0.3 is 0 Å². The summed E-state index contributed by atoms with van der Waals surface area (Å²) in [6, 6.07) is 3.03. The standard InChI is InChI=1S/C10H6F2N2OS/c1-5-10(16-14-13-5)9(15)6-2-3-7(11)8(12)4-6/h2-4H,1H3. The molecule has 0 fully saturated rings. The molecule has 6 heteroatoms. The summed E-state index contributed by atoms with van der Waals surface area (Å²) in [5, 5.41) is 3.68. The summed E-state index contributed by atoms with van der Waals surface area (Å²) >= 11 is 0.936. The molecule has 0 aliphatic heterocycles. The first-order valence-electron chi connectivity index (χ1n) is 4.38. The van der Waals surface area contributed by atoms with E-state index in [0.717, 1.165) is 23.7 Å². The molecule has 16 heavy (non-hydrogen) atoms. The van der Waals surface area contributed by atoms with Gasteiger partial charge in [0, 0.05) is 5.56 Å². The first-order chi connectivity index (χ1) is 7.59. The van der Waals surface area contributed by atoms with E-state index in [-0.39, 0.29) is 5.56 Å². The van der Waals surface area contributed by atoms with Crippen molar-refractivity contribution in [3.8, 4) is 0 Å². The van der Waals surface area contributed by atoms with Gasteiger partial charge in [-0.15, -0.1) is 5.10 Å². The minimum Gasteiger partial charge on any atom is -0.288 e. The van der Waals surface area contributed by atoms with Gasteiger partial charge in [0.2, 0.25) is 5.78 Å². The molecule has 3 nitrogen and oxygen atoms in total. The Balaban J connectivity index is 2.42. The van der Waals surface area contributed by atoms with Gasteiger partial charge in [-0.05, 0) is 36.7 Å². The number of nitrogens with zero attached hydrogens (tertiary/aromatic N) is 2. The first-order valence-corrected chi connectivity index (χ1v) is 5.15. The van der Waals surface area contributed by atoms with E-state index in [1.54, 1.807) is 6.92 Å². The summed E-state index contributed by atoms with van der Waals surface area (Å²) in [7, 11) is 0. The van der Waals surface area contributed by atoms with E-state index < -0.39 is 17.4 Å². The van der Waals surface area contributed by atoms with Gasteiger partial charge in [0.05, 0.1) is 5.69 Å². The molecular formula is C10H6F2N2OS. The molecule has 0 bridgehead atoms. The zero-order valence-corrected chi connectivity index (χ0v) is 9.02. The maximum absolute atomic E-state index is 12.9. The summed E-state index contributed by atoms with van der Waals surface area (Å²) < 4.78 is 29.2. The lowest BCUT2D eigenvalue weighted by atomic mass is 10.1. The summed E-state index contributed by atoms with van der Waals surface area (Å²) in [5.41, 5.74) is 0.577. The van der Waals surface area contributed by atoms with Crippen LogP contribution in [-0.2, 0) is 0 Å². The van der Waals surface area contributed by atoms with Crippen molar-refractivity contribution in [1.29, 1.82) is 0 Å². The lowest BCUT2D eigenvalue weighted by molar-refractivity contribution is 0.104. The van der Waals surface area contributed by atoms with Crippen molar-refractivity contribution in [3.63, 3.8) is 0 Å². The highest BCUT2D eigenvalue weighted by molar-refractivity contribution is 7.08. The lowest BCUT2D eigenvalue weighted by Crippen LogP contribution is -2.02. The van der Waals surface area contributed by atoms with E-state index in [1.807, 2.05) is 0 Å². The van der Waals surface area contributed by atoms with Crippen LogP contribution in [0.15, 0.2) is 18.2 Å². The molecule has 2 aromatic rings. The zero-order valence-electron chi connectivity index (χ0n) is 8.20. The quantitative estimate of drug-likeness (QED) is 0.757. The minimum absolute atomic E-state index is 0.0908. The molecule has 0 amide bonds. The second kappa shape index (κ2) is 4.05. The summed E-state index contributed by atoms with van der Waals surface area (Å²) in [6.45, 7) is 1.64. The molecule has 1 aromatic heterocycles. The van der Waals surface area contributed by atoms with Crippen molar-refractivity contribution in [1.82, 2.24) is 9.59 Å². The van der Waals surface area contributed by atoms with Gasteiger partial charge < -0.3 is 0 Å². The van der Waals surface area contributed by atoms with Crippen LogP contribution in [0, 0.1) is 18.6 Å². The Labute approximate surface area is 93.9 Å². The van der Waals surface area contributed by atoms with Gasteiger partial charge in [-0.1, -0.05) is 4.49 Å². The third kappa shape index (κ3) is 1.83. The molecule has 0 aliphatic rings. The van der Waals surface area contributed by atoms with Crippen molar-refractivity contribution in [2.24, 2.45) is 0 Å². The van der Waals surface area contributed by atoms with Crippen molar-refractivity contribution >= 4 is 17.3 Å². The highest BCUT2D eigenvalue weighted by atomic mass is 32.1. The van der Waals surface area contributed by atoms with E-state index in [0.29, 0.717) is 10.6 Å². The first kappa shape index (κ1) is 10.8. The second-order valence-electron chi connectivity index (χ2n) is 3.15. The number of halogens is 2. The normalized spacial score (nSPS) is 10.4. The fourth-order valence-electron chi connectivity index (χ4n) is 1.21. The number of carbonyl (C=O) groups is 1. The van der Waals surface area contributed by atoms with Crippen molar-refractivity contribution in [2.45, 2.75) is 6.92 Å². The van der Waals surface area contributed by atoms with Crippen molar-refractivity contribution < 1.29 is 13.6 Å². The van der Waals surface area contributed by atoms with Gasteiger partial charge in [0.15, 0.2) is 11.6 Å². The second-order valence-corrected chi connectivity index (χ2v) is 3.90. The van der Waals surface area contributed by atoms with Gasteiger partial charge in [-0.2, -0.15) is 0 Å². The van der Waals surface area contributed by atoms with Gasteiger partial charge in [-0.3, -0.25) is 4.79 Å². The number of carbonyl (C=O) groups excluding carboxylic acids is 1. The van der Waals surface area contributed by atoms with Gasteiger partial charge in [-0.25, -0.2) is 8.78 Å². The fourth-order valence-corrected chi connectivity index (χ4v) is 1.83. The SMILES string of the molecule is Cc1nnsc1C(=O)c1ccc(F)c(F)c1. The number of aromatic nitrogens is 2. The monoisotopic (exact) mass is 240 g/mol. The average Bonchev–Trinajstić information content (AvgIpc) is 2.67. The summed E-state index contributed by atoms with van der Waals surface area (Å²) in [5.74, 6) is -2.41. The minimum atomic E-state index is -1.04. The topological polar surface area (TPSA) is 42.9 Å². The number of hydrogen-bond donors (Lipinski definition) is 0. The average molecular weight is 240 g/mol. The van der Waals surface area contributed by atoms with E-state index in [9.17, 15) is 13.6 Å². The largest absolute Gasteiger partial charge is 0.288 e. The number of hydrogen-bond acceptors (Lipinski definition) is 4. The Morgan fingerprint density at radius 2 is 2.06 bits per heavy atom. The summed E-state index contributed by atoms with van der Waals surface area (Å²) in [4.78, 5) is 12.2. The highest BCUT2D eigenvalue weighted by Gasteiger charge is 2.16. The highest BCUT2D eigenvalue weighted by Crippen LogP contribution is 2.17. The van der Waals surface area contributed by atoms with Gasteiger partial charge in [0.1, 0.15) is 4.88 Å². The molecule has 0 N–H and O–H groups in total. The van der Waals surface area contributed by atoms with E-state index >= 15 is 0 Å². The third-order valence-corrected chi connectivity index (χ3v) is 2.87. The van der Waals surface area contributed by atoms with E-state index in [1.165, 1.54) is 6.07 Å². The van der Waals surface area contributed by atoms with Crippen LogP contribution < -0.4 is 0 Å². The van der Waals surface area contributed by atoms with Crippen molar-refractivity contribution in [2.75, 3.05) is 0 Å². The lowest BCUT2D eigenvalue weighted by Gasteiger charge is -1.99. The predicted molar refractivity (Wildman–Crippen MR) is 54.4 cm³/mol. The molecule has 0 saturated heterocycles. The number of benzene rings is 1. The molecule has 0 atom stereocenters. The molecule has 0 saturated carbocycles. The van der Waals surface area contributed by atoms with Crippen LogP contribution in [0.25, 0.3) is 0 Å². The molecule has 0 aliphatic carbocycles. The molecule has 0 unspecified atom stereocenters. The fraction of sp³-hybridized carbons (Fsp3) is 0.100. The molecule has 1 heterocycles. The van der Waals surface area contributed by atoms with Crippen LogP contribution in [-0.4, -0.2) is 15.4 Å². The third-order valence-electron chi connectivity index (χ3n) is 2.04. The van der Waals surface area contributed by atoms with Crippen LogP contribution in [0.1, 0.15) is 20.9 Å².